The smallest absolute Gasteiger partial charge is 0.0897 e. The van der Waals surface area contributed by atoms with E-state index in [9.17, 15) is 5.11 Å². The molecular weight excluding hydrogens is 218 g/mol. The van der Waals surface area contributed by atoms with Gasteiger partial charge in [-0.3, -0.25) is 0 Å². The van der Waals surface area contributed by atoms with Crippen molar-refractivity contribution < 1.29 is 14.6 Å². The van der Waals surface area contributed by atoms with Crippen molar-refractivity contribution >= 4 is 0 Å². The summed E-state index contributed by atoms with van der Waals surface area (Å²) >= 11 is 0. The van der Waals surface area contributed by atoms with Crippen LogP contribution in [0.4, 0.5) is 0 Å². The monoisotopic (exact) mass is 247 g/mol. The third kappa shape index (κ3) is 13.8. The highest BCUT2D eigenvalue weighted by atomic mass is 16.5. The molecule has 1 atom stereocenters. The molecule has 104 valence electrons. The van der Waals surface area contributed by atoms with Crippen molar-refractivity contribution in [3.8, 4) is 0 Å². The molecule has 0 saturated heterocycles. The minimum absolute atomic E-state index is 0.237. The number of rotatable bonds is 11. The van der Waals surface area contributed by atoms with Gasteiger partial charge in [0.2, 0.25) is 0 Å². The average Bonchev–Trinajstić information content (AvgIpc) is 2.23. The van der Waals surface area contributed by atoms with Crippen molar-refractivity contribution in [2.45, 2.75) is 46.3 Å². The SMILES string of the molecule is CC(C)CCNCC(O)COCCOC(C)C. The van der Waals surface area contributed by atoms with Crippen molar-refractivity contribution in [2.75, 3.05) is 32.9 Å². The van der Waals surface area contributed by atoms with E-state index in [1.165, 1.54) is 0 Å². The second-order valence-electron chi connectivity index (χ2n) is 5.03. The molecule has 0 saturated carbocycles. The number of hydrogen-bond donors (Lipinski definition) is 2. The topological polar surface area (TPSA) is 50.7 Å². The molecule has 0 radical (unpaired) electrons. The van der Waals surface area contributed by atoms with Gasteiger partial charge in [0.15, 0.2) is 0 Å². The highest BCUT2D eigenvalue weighted by Gasteiger charge is 2.04. The van der Waals surface area contributed by atoms with E-state index in [4.69, 9.17) is 9.47 Å². The molecule has 2 N–H and O–H groups in total. The standard InChI is InChI=1S/C13H29NO3/c1-11(2)5-6-14-9-13(15)10-16-7-8-17-12(3)4/h11-15H,5-10H2,1-4H3. The summed E-state index contributed by atoms with van der Waals surface area (Å²) < 4.78 is 10.6. The van der Waals surface area contributed by atoms with E-state index in [-0.39, 0.29) is 6.10 Å². The molecule has 1 unspecified atom stereocenters. The van der Waals surface area contributed by atoms with Gasteiger partial charge in [-0.05, 0) is 32.7 Å². The van der Waals surface area contributed by atoms with Crippen LogP contribution in [0.5, 0.6) is 0 Å². The molecule has 17 heavy (non-hydrogen) atoms. The minimum Gasteiger partial charge on any atom is -0.389 e. The molecule has 0 amide bonds. The lowest BCUT2D eigenvalue weighted by Crippen LogP contribution is -2.31. The van der Waals surface area contributed by atoms with Gasteiger partial charge in [-0.2, -0.15) is 0 Å². The molecule has 4 heteroatoms. The Morgan fingerprint density at radius 1 is 1.12 bits per heavy atom. The summed E-state index contributed by atoms with van der Waals surface area (Å²) in [4.78, 5) is 0. The van der Waals surface area contributed by atoms with Crippen LogP contribution >= 0.6 is 0 Å². The summed E-state index contributed by atoms with van der Waals surface area (Å²) in [7, 11) is 0. The fourth-order valence-electron chi connectivity index (χ4n) is 1.28. The van der Waals surface area contributed by atoms with Crippen LogP contribution in [0.15, 0.2) is 0 Å². The minimum atomic E-state index is -0.429. The van der Waals surface area contributed by atoms with Gasteiger partial charge < -0.3 is 19.9 Å². The van der Waals surface area contributed by atoms with Crippen molar-refractivity contribution in [3.05, 3.63) is 0 Å². The maximum Gasteiger partial charge on any atom is 0.0897 e. The Morgan fingerprint density at radius 2 is 1.82 bits per heavy atom. The van der Waals surface area contributed by atoms with Crippen LogP contribution in [-0.4, -0.2) is 50.2 Å². The van der Waals surface area contributed by atoms with Gasteiger partial charge in [0, 0.05) is 6.54 Å². The van der Waals surface area contributed by atoms with E-state index >= 15 is 0 Å². The highest BCUT2D eigenvalue weighted by molar-refractivity contribution is 4.59. The Labute approximate surface area is 106 Å². The largest absolute Gasteiger partial charge is 0.389 e. The molecular formula is C13H29NO3. The summed E-state index contributed by atoms with van der Waals surface area (Å²) in [5.74, 6) is 0.698. The molecule has 0 spiro atoms. The number of aliphatic hydroxyl groups is 1. The zero-order chi connectivity index (χ0) is 13.1. The van der Waals surface area contributed by atoms with Crippen LogP contribution in [0.1, 0.15) is 34.1 Å². The average molecular weight is 247 g/mol. The van der Waals surface area contributed by atoms with E-state index in [1.807, 2.05) is 13.8 Å². The lowest BCUT2D eigenvalue weighted by Gasteiger charge is -2.13. The lowest BCUT2D eigenvalue weighted by atomic mass is 10.1. The zero-order valence-electron chi connectivity index (χ0n) is 11.7. The maximum atomic E-state index is 9.59. The number of ether oxygens (including phenoxy) is 2. The molecule has 0 aromatic heterocycles. The Hall–Kier alpha value is -0.160. The highest BCUT2D eigenvalue weighted by Crippen LogP contribution is 1.96. The predicted octanol–water partition coefficient (Wildman–Crippen LogP) is 1.42. The zero-order valence-corrected chi connectivity index (χ0v) is 11.7. The van der Waals surface area contributed by atoms with Crippen LogP contribution in [0.2, 0.25) is 0 Å². The van der Waals surface area contributed by atoms with Crippen molar-refractivity contribution in [3.63, 3.8) is 0 Å². The van der Waals surface area contributed by atoms with Gasteiger partial charge in [0.1, 0.15) is 0 Å². The summed E-state index contributed by atoms with van der Waals surface area (Å²) in [5, 5.41) is 12.8. The third-order valence-corrected chi connectivity index (χ3v) is 2.27. The van der Waals surface area contributed by atoms with Gasteiger partial charge in [0.25, 0.3) is 0 Å². The number of aliphatic hydroxyl groups excluding tert-OH is 1. The summed E-state index contributed by atoms with van der Waals surface area (Å²) in [5.41, 5.74) is 0. The lowest BCUT2D eigenvalue weighted by molar-refractivity contribution is -0.00995. The van der Waals surface area contributed by atoms with Crippen LogP contribution in [0.3, 0.4) is 0 Å². The molecule has 0 aliphatic carbocycles. The number of hydrogen-bond acceptors (Lipinski definition) is 4. The Morgan fingerprint density at radius 3 is 2.41 bits per heavy atom. The first kappa shape index (κ1) is 16.8. The fourth-order valence-corrected chi connectivity index (χ4v) is 1.28. The Balaban J connectivity index is 3.20. The van der Waals surface area contributed by atoms with Crippen LogP contribution in [-0.2, 0) is 9.47 Å². The third-order valence-electron chi connectivity index (χ3n) is 2.27. The van der Waals surface area contributed by atoms with Gasteiger partial charge in [0.05, 0.1) is 32.0 Å². The summed E-state index contributed by atoms with van der Waals surface area (Å²) in [6.45, 7) is 11.4. The molecule has 0 aliphatic rings. The van der Waals surface area contributed by atoms with Crippen LogP contribution in [0, 0.1) is 5.92 Å². The predicted molar refractivity (Wildman–Crippen MR) is 70.2 cm³/mol. The fraction of sp³-hybridized carbons (Fsp3) is 1.00. The molecule has 0 aromatic rings. The molecule has 0 bridgehead atoms. The summed E-state index contributed by atoms with van der Waals surface area (Å²) in [6.07, 6.45) is 0.943. The van der Waals surface area contributed by atoms with E-state index in [0.29, 0.717) is 32.3 Å². The summed E-state index contributed by atoms with van der Waals surface area (Å²) in [6, 6.07) is 0. The van der Waals surface area contributed by atoms with Gasteiger partial charge in [-0.15, -0.1) is 0 Å². The van der Waals surface area contributed by atoms with Gasteiger partial charge in [-0.1, -0.05) is 13.8 Å². The first-order chi connectivity index (χ1) is 8.02. The number of nitrogens with one attached hydrogen (secondary N) is 1. The Kier molecular flexibility index (Phi) is 10.9. The molecule has 0 fully saturated rings. The van der Waals surface area contributed by atoms with E-state index < -0.39 is 6.10 Å². The van der Waals surface area contributed by atoms with Crippen molar-refractivity contribution in [2.24, 2.45) is 5.92 Å². The second kappa shape index (κ2) is 11.0. The Bertz CT molecular complexity index is 163. The second-order valence-corrected chi connectivity index (χ2v) is 5.03. The molecule has 0 aromatic carbocycles. The van der Waals surface area contributed by atoms with Gasteiger partial charge >= 0.3 is 0 Å². The molecule has 0 aliphatic heterocycles. The van der Waals surface area contributed by atoms with Crippen molar-refractivity contribution in [1.29, 1.82) is 0 Å². The molecule has 0 heterocycles. The van der Waals surface area contributed by atoms with Crippen LogP contribution < -0.4 is 5.32 Å². The normalized spacial score (nSPS) is 13.6. The first-order valence-electron chi connectivity index (χ1n) is 6.60. The van der Waals surface area contributed by atoms with E-state index in [0.717, 1.165) is 13.0 Å². The van der Waals surface area contributed by atoms with Gasteiger partial charge in [-0.25, -0.2) is 0 Å². The maximum absolute atomic E-state index is 9.59. The molecule has 4 nitrogen and oxygen atoms in total. The first-order valence-corrected chi connectivity index (χ1v) is 6.60. The van der Waals surface area contributed by atoms with Crippen LogP contribution in [0.25, 0.3) is 0 Å². The quantitative estimate of drug-likeness (QED) is 0.542. The van der Waals surface area contributed by atoms with E-state index in [2.05, 4.69) is 19.2 Å². The molecule has 0 rings (SSSR count). The van der Waals surface area contributed by atoms with E-state index in [1.54, 1.807) is 0 Å². The van der Waals surface area contributed by atoms with Crippen molar-refractivity contribution in [1.82, 2.24) is 5.32 Å².